The van der Waals surface area contributed by atoms with Gasteiger partial charge >= 0.3 is 0 Å². The molecule has 0 aromatic heterocycles. The van der Waals surface area contributed by atoms with E-state index in [0.717, 1.165) is 9.26 Å². The maximum Gasteiger partial charge on any atom is 0.270 e. The summed E-state index contributed by atoms with van der Waals surface area (Å²) >= 11 is 2.04. The summed E-state index contributed by atoms with van der Waals surface area (Å²) in [4.78, 5) is 10.1. The zero-order chi connectivity index (χ0) is 12.8. The highest BCUT2D eigenvalue weighted by Gasteiger charge is 2.10. The van der Waals surface area contributed by atoms with Crippen LogP contribution >= 0.6 is 22.6 Å². The summed E-state index contributed by atoms with van der Waals surface area (Å²) in [6.45, 7) is 0.473. The molecule has 0 heterocycles. The average Bonchev–Trinajstić information content (AvgIpc) is 2.31. The number of halogens is 1. The number of methoxy groups -OCH3 is 2. The topological polar surface area (TPSA) is 73.6 Å². The number of ether oxygens (including phenoxy) is 2. The molecule has 0 unspecified atom stereocenters. The molecule has 0 aliphatic rings. The summed E-state index contributed by atoms with van der Waals surface area (Å²) < 4.78 is 10.8. The van der Waals surface area contributed by atoms with Gasteiger partial charge in [-0.25, -0.2) is 0 Å². The Bertz CT molecular complexity index is 396. The number of rotatable bonds is 6. The quantitative estimate of drug-likeness (QED) is 0.368. The Morgan fingerprint density at radius 1 is 1.47 bits per heavy atom. The SMILES string of the molecule is COC(CNc1ccc([N+](=O)[O-])cc1I)OC. The lowest BCUT2D eigenvalue weighted by atomic mass is 10.3. The lowest BCUT2D eigenvalue weighted by molar-refractivity contribution is -0.384. The minimum atomic E-state index is -0.418. The molecule has 0 atom stereocenters. The Hall–Kier alpha value is -0.930. The van der Waals surface area contributed by atoms with Crippen LogP contribution in [-0.4, -0.2) is 32.0 Å². The van der Waals surface area contributed by atoms with Gasteiger partial charge < -0.3 is 14.8 Å². The van der Waals surface area contributed by atoms with Crippen LogP contribution < -0.4 is 5.32 Å². The van der Waals surface area contributed by atoms with Gasteiger partial charge in [-0.3, -0.25) is 10.1 Å². The van der Waals surface area contributed by atoms with Gasteiger partial charge in [0.1, 0.15) is 0 Å². The Labute approximate surface area is 113 Å². The fourth-order valence-electron chi connectivity index (χ4n) is 1.22. The summed E-state index contributed by atoms with van der Waals surface area (Å²) in [7, 11) is 3.10. The van der Waals surface area contributed by atoms with E-state index in [1.807, 2.05) is 22.6 Å². The number of non-ortho nitro benzene ring substituents is 1. The zero-order valence-electron chi connectivity index (χ0n) is 9.47. The van der Waals surface area contributed by atoms with Gasteiger partial charge in [0.2, 0.25) is 0 Å². The van der Waals surface area contributed by atoms with E-state index >= 15 is 0 Å². The Balaban J connectivity index is 2.69. The first-order valence-electron chi connectivity index (χ1n) is 4.82. The van der Waals surface area contributed by atoms with E-state index in [4.69, 9.17) is 9.47 Å². The lowest BCUT2D eigenvalue weighted by Gasteiger charge is -2.15. The average molecular weight is 352 g/mol. The number of nitro groups is 1. The minimum Gasteiger partial charge on any atom is -0.379 e. The summed E-state index contributed by atoms with van der Waals surface area (Å²) in [6.07, 6.45) is -0.346. The predicted octanol–water partition coefficient (Wildman–Crippen LogP) is 2.23. The van der Waals surface area contributed by atoms with Crippen LogP contribution in [0.2, 0.25) is 0 Å². The van der Waals surface area contributed by atoms with Gasteiger partial charge in [0, 0.05) is 35.6 Å². The molecule has 0 bridgehead atoms. The van der Waals surface area contributed by atoms with Crippen LogP contribution in [0.5, 0.6) is 0 Å². The molecular weight excluding hydrogens is 339 g/mol. The van der Waals surface area contributed by atoms with Crippen LogP contribution in [0.1, 0.15) is 0 Å². The molecule has 1 N–H and O–H groups in total. The third-order valence-electron chi connectivity index (χ3n) is 2.15. The monoisotopic (exact) mass is 352 g/mol. The van der Waals surface area contributed by atoms with Crippen molar-refractivity contribution in [2.45, 2.75) is 6.29 Å². The molecular formula is C10H13IN2O4. The third kappa shape index (κ3) is 4.10. The second-order valence-corrected chi connectivity index (χ2v) is 4.37. The van der Waals surface area contributed by atoms with Crippen molar-refractivity contribution in [3.8, 4) is 0 Å². The van der Waals surface area contributed by atoms with E-state index in [0.29, 0.717) is 6.54 Å². The summed E-state index contributed by atoms with van der Waals surface area (Å²) in [5.74, 6) is 0. The minimum absolute atomic E-state index is 0.0787. The standard InChI is InChI=1S/C10H13IN2O4/c1-16-10(17-2)6-12-9-4-3-7(13(14)15)5-8(9)11/h3-5,10,12H,6H2,1-2H3. The highest BCUT2D eigenvalue weighted by Crippen LogP contribution is 2.23. The highest BCUT2D eigenvalue weighted by molar-refractivity contribution is 14.1. The molecule has 0 spiro atoms. The van der Waals surface area contributed by atoms with Crippen molar-refractivity contribution in [2.75, 3.05) is 26.1 Å². The molecule has 94 valence electrons. The van der Waals surface area contributed by atoms with Crippen LogP contribution in [0.25, 0.3) is 0 Å². The van der Waals surface area contributed by atoms with Crippen molar-refractivity contribution in [3.05, 3.63) is 31.9 Å². The smallest absolute Gasteiger partial charge is 0.270 e. The van der Waals surface area contributed by atoms with Crippen LogP contribution in [0.4, 0.5) is 11.4 Å². The van der Waals surface area contributed by atoms with Gasteiger partial charge in [-0.2, -0.15) is 0 Å². The highest BCUT2D eigenvalue weighted by atomic mass is 127. The first-order valence-corrected chi connectivity index (χ1v) is 5.89. The third-order valence-corrected chi connectivity index (χ3v) is 3.04. The number of hydrogen-bond acceptors (Lipinski definition) is 5. The van der Waals surface area contributed by atoms with Crippen molar-refractivity contribution >= 4 is 34.0 Å². The molecule has 7 heteroatoms. The number of hydrogen-bond donors (Lipinski definition) is 1. The van der Waals surface area contributed by atoms with E-state index in [1.165, 1.54) is 12.1 Å². The van der Waals surface area contributed by atoms with Gasteiger partial charge in [0.15, 0.2) is 6.29 Å². The van der Waals surface area contributed by atoms with Gasteiger partial charge in [0.05, 0.1) is 11.5 Å². The molecule has 0 aliphatic carbocycles. The molecule has 1 rings (SSSR count). The number of nitro benzene ring substituents is 1. The van der Waals surface area contributed by atoms with Crippen LogP contribution in [-0.2, 0) is 9.47 Å². The first-order chi connectivity index (χ1) is 8.08. The summed E-state index contributed by atoms with van der Waals surface area (Å²) in [5, 5.41) is 13.7. The molecule has 0 radical (unpaired) electrons. The Kier molecular flexibility index (Phi) is 5.59. The summed E-state index contributed by atoms with van der Waals surface area (Å²) in [5.41, 5.74) is 0.894. The van der Waals surface area contributed by atoms with Gasteiger partial charge in [-0.05, 0) is 28.7 Å². The number of nitrogens with zero attached hydrogens (tertiary/aromatic N) is 1. The van der Waals surface area contributed by atoms with Crippen molar-refractivity contribution in [2.24, 2.45) is 0 Å². The maximum atomic E-state index is 10.6. The Morgan fingerprint density at radius 3 is 2.59 bits per heavy atom. The van der Waals surface area contributed by atoms with Crippen LogP contribution in [0.15, 0.2) is 18.2 Å². The molecule has 6 nitrogen and oxygen atoms in total. The Morgan fingerprint density at radius 2 is 2.12 bits per heavy atom. The van der Waals surface area contributed by atoms with Crippen LogP contribution in [0.3, 0.4) is 0 Å². The van der Waals surface area contributed by atoms with Crippen LogP contribution in [0, 0.1) is 13.7 Å². The largest absolute Gasteiger partial charge is 0.379 e. The molecule has 17 heavy (non-hydrogen) atoms. The second-order valence-electron chi connectivity index (χ2n) is 3.20. The number of benzene rings is 1. The molecule has 1 aromatic carbocycles. The summed E-state index contributed by atoms with van der Waals surface area (Å²) in [6, 6.07) is 4.64. The maximum absolute atomic E-state index is 10.6. The van der Waals surface area contributed by atoms with E-state index in [2.05, 4.69) is 5.32 Å². The van der Waals surface area contributed by atoms with Crippen molar-refractivity contribution in [1.82, 2.24) is 0 Å². The van der Waals surface area contributed by atoms with E-state index in [1.54, 1.807) is 20.3 Å². The second kappa shape index (κ2) is 6.72. The van der Waals surface area contributed by atoms with E-state index in [9.17, 15) is 10.1 Å². The molecule has 0 aliphatic heterocycles. The molecule has 0 fully saturated rings. The predicted molar refractivity (Wildman–Crippen MR) is 72.1 cm³/mol. The number of nitrogens with one attached hydrogen (secondary N) is 1. The van der Waals surface area contributed by atoms with Gasteiger partial charge in [-0.15, -0.1) is 0 Å². The first kappa shape index (κ1) is 14.1. The van der Waals surface area contributed by atoms with E-state index < -0.39 is 4.92 Å². The molecule has 0 saturated carbocycles. The fraction of sp³-hybridized carbons (Fsp3) is 0.400. The van der Waals surface area contributed by atoms with Crippen molar-refractivity contribution < 1.29 is 14.4 Å². The fourth-order valence-corrected chi connectivity index (χ4v) is 1.91. The van der Waals surface area contributed by atoms with Gasteiger partial charge in [0.25, 0.3) is 5.69 Å². The van der Waals surface area contributed by atoms with Gasteiger partial charge in [-0.1, -0.05) is 0 Å². The number of anilines is 1. The van der Waals surface area contributed by atoms with E-state index in [-0.39, 0.29) is 12.0 Å². The molecule has 1 aromatic rings. The normalized spacial score (nSPS) is 10.6. The van der Waals surface area contributed by atoms with Crippen molar-refractivity contribution in [1.29, 1.82) is 0 Å². The van der Waals surface area contributed by atoms with Crippen molar-refractivity contribution in [3.63, 3.8) is 0 Å². The lowest BCUT2D eigenvalue weighted by Crippen LogP contribution is -2.23. The molecule has 0 amide bonds. The zero-order valence-corrected chi connectivity index (χ0v) is 11.6. The molecule has 0 saturated heterocycles.